The number of nitrogens with one attached hydrogen (secondary N) is 1. The predicted octanol–water partition coefficient (Wildman–Crippen LogP) is 3.42. The van der Waals surface area contributed by atoms with E-state index < -0.39 is 11.6 Å². The van der Waals surface area contributed by atoms with Crippen molar-refractivity contribution in [2.45, 2.75) is 31.7 Å². The summed E-state index contributed by atoms with van der Waals surface area (Å²) in [5.74, 6) is -0.155. The van der Waals surface area contributed by atoms with Gasteiger partial charge in [0.2, 0.25) is 0 Å². The van der Waals surface area contributed by atoms with Crippen molar-refractivity contribution in [2.24, 2.45) is 5.92 Å². The highest BCUT2D eigenvalue weighted by Gasteiger charge is 2.22. The molecule has 0 heterocycles. The molecule has 1 unspecified atom stereocenters. The maximum Gasteiger partial charge on any atom is 0.126 e. The fourth-order valence-electron chi connectivity index (χ4n) is 2.06. The van der Waals surface area contributed by atoms with Gasteiger partial charge in [0.25, 0.3) is 0 Å². The van der Waals surface area contributed by atoms with E-state index in [1.165, 1.54) is 25.0 Å². The molecule has 0 aromatic heterocycles. The molecule has 0 radical (unpaired) electrons. The van der Waals surface area contributed by atoms with Gasteiger partial charge in [-0.25, -0.2) is 8.78 Å². The first-order chi connectivity index (χ1) is 7.69. The van der Waals surface area contributed by atoms with Crippen LogP contribution in [0, 0.1) is 17.6 Å². The Morgan fingerprint density at radius 2 is 1.88 bits per heavy atom. The first-order valence-corrected chi connectivity index (χ1v) is 5.82. The monoisotopic (exact) mass is 225 g/mol. The smallest absolute Gasteiger partial charge is 0.126 e. The van der Waals surface area contributed by atoms with Crippen LogP contribution in [0.3, 0.4) is 0 Å². The number of benzene rings is 1. The Morgan fingerprint density at radius 1 is 1.25 bits per heavy atom. The van der Waals surface area contributed by atoms with Gasteiger partial charge >= 0.3 is 0 Å². The maximum absolute atomic E-state index is 13.1. The Hall–Kier alpha value is -0.960. The molecular weight excluding hydrogens is 208 g/mol. The minimum Gasteiger partial charge on any atom is -0.313 e. The van der Waals surface area contributed by atoms with Gasteiger partial charge in [0.1, 0.15) is 11.6 Å². The molecule has 16 heavy (non-hydrogen) atoms. The molecule has 3 heteroatoms. The summed E-state index contributed by atoms with van der Waals surface area (Å²) in [4.78, 5) is 0. The van der Waals surface area contributed by atoms with E-state index in [4.69, 9.17) is 0 Å². The molecule has 1 aromatic rings. The summed E-state index contributed by atoms with van der Waals surface area (Å²) in [5.41, 5.74) is 0.709. The highest BCUT2D eigenvalue weighted by atomic mass is 19.1. The van der Waals surface area contributed by atoms with Gasteiger partial charge in [0.05, 0.1) is 0 Å². The zero-order chi connectivity index (χ0) is 11.5. The average Bonchev–Trinajstić information content (AvgIpc) is 3.01. The van der Waals surface area contributed by atoms with Gasteiger partial charge in [-0.15, -0.1) is 0 Å². The van der Waals surface area contributed by atoms with Gasteiger partial charge in [-0.2, -0.15) is 0 Å². The molecule has 2 rings (SSSR count). The molecule has 0 aliphatic heterocycles. The third-order valence-electron chi connectivity index (χ3n) is 3.20. The number of hydrogen-bond acceptors (Lipinski definition) is 1. The standard InChI is InChI=1S/C13H17F2N/c1-16-13(5-4-9-2-3-9)10-6-11(14)8-12(15)7-10/h6-9,13,16H,2-5H2,1H3. The van der Waals surface area contributed by atoms with Crippen LogP contribution in [0.15, 0.2) is 18.2 Å². The van der Waals surface area contributed by atoms with Gasteiger partial charge in [-0.05, 0) is 43.5 Å². The topological polar surface area (TPSA) is 12.0 Å². The molecule has 1 saturated carbocycles. The summed E-state index contributed by atoms with van der Waals surface area (Å²) >= 11 is 0. The van der Waals surface area contributed by atoms with E-state index in [0.717, 1.165) is 24.8 Å². The second-order valence-corrected chi connectivity index (χ2v) is 4.56. The van der Waals surface area contributed by atoms with Gasteiger partial charge in [-0.3, -0.25) is 0 Å². The fourth-order valence-corrected chi connectivity index (χ4v) is 2.06. The van der Waals surface area contributed by atoms with Crippen molar-refractivity contribution in [2.75, 3.05) is 7.05 Å². The third kappa shape index (κ3) is 3.01. The van der Waals surface area contributed by atoms with Crippen LogP contribution in [0.1, 0.15) is 37.3 Å². The Bertz CT molecular complexity index is 341. The molecule has 0 bridgehead atoms. The lowest BCUT2D eigenvalue weighted by Gasteiger charge is -2.16. The van der Waals surface area contributed by atoms with Crippen LogP contribution in [0.25, 0.3) is 0 Å². The lowest BCUT2D eigenvalue weighted by molar-refractivity contribution is 0.496. The minimum absolute atomic E-state index is 0.0609. The van der Waals surface area contributed by atoms with Crippen molar-refractivity contribution < 1.29 is 8.78 Å². The van der Waals surface area contributed by atoms with E-state index in [0.29, 0.717) is 5.56 Å². The maximum atomic E-state index is 13.1. The number of halogens is 2. The van der Waals surface area contributed by atoms with Crippen molar-refractivity contribution in [1.82, 2.24) is 5.32 Å². The fraction of sp³-hybridized carbons (Fsp3) is 0.538. The first-order valence-electron chi connectivity index (χ1n) is 5.82. The summed E-state index contributed by atoms with van der Waals surface area (Å²) in [6.07, 6.45) is 4.72. The van der Waals surface area contributed by atoms with Gasteiger partial charge < -0.3 is 5.32 Å². The van der Waals surface area contributed by atoms with E-state index >= 15 is 0 Å². The first kappa shape index (κ1) is 11.5. The molecule has 0 amide bonds. The summed E-state index contributed by atoms with van der Waals surface area (Å²) in [5, 5.41) is 3.12. The van der Waals surface area contributed by atoms with Crippen LogP contribution in [-0.4, -0.2) is 7.05 Å². The SMILES string of the molecule is CNC(CCC1CC1)c1cc(F)cc(F)c1. The van der Waals surface area contributed by atoms with Crippen molar-refractivity contribution in [3.63, 3.8) is 0 Å². The molecule has 1 nitrogen and oxygen atoms in total. The van der Waals surface area contributed by atoms with Crippen LogP contribution in [-0.2, 0) is 0 Å². The van der Waals surface area contributed by atoms with Crippen molar-refractivity contribution in [3.05, 3.63) is 35.4 Å². The number of rotatable bonds is 5. The highest BCUT2D eigenvalue weighted by molar-refractivity contribution is 5.21. The zero-order valence-corrected chi connectivity index (χ0v) is 9.47. The van der Waals surface area contributed by atoms with Gasteiger partial charge in [0.15, 0.2) is 0 Å². The molecule has 0 saturated heterocycles. The minimum atomic E-state index is -0.498. The van der Waals surface area contributed by atoms with Crippen LogP contribution >= 0.6 is 0 Å². The van der Waals surface area contributed by atoms with Crippen molar-refractivity contribution in [1.29, 1.82) is 0 Å². The molecule has 1 aliphatic rings. The molecule has 1 N–H and O–H groups in total. The summed E-state index contributed by atoms with van der Waals surface area (Å²) in [7, 11) is 1.83. The Morgan fingerprint density at radius 3 is 2.38 bits per heavy atom. The summed E-state index contributed by atoms with van der Waals surface area (Å²) in [6, 6.07) is 3.80. The van der Waals surface area contributed by atoms with Crippen LogP contribution in [0.2, 0.25) is 0 Å². The number of hydrogen-bond donors (Lipinski definition) is 1. The van der Waals surface area contributed by atoms with E-state index in [-0.39, 0.29) is 6.04 Å². The van der Waals surface area contributed by atoms with Gasteiger partial charge in [0, 0.05) is 12.1 Å². The average molecular weight is 225 g/mol. The largest absolute Gasteiger partial charge is 0.313 e. The van der Waals surface area contributed by atoms with E-state index in [9.17, 15) is 8.78 Å². The molecule has 1 fully saturated rings. The molecule has 1 aliphatic carbocycles. The second kappa shape index (κ2) is 4.91. The summed E-state index contributed by atoms with van der Waals surface area (Å²) in [6.45, 7) is 0. The molecule has 1 aromatic carbocycles. The third-order valence-corrected chi connectivity index (χ3v) is 3.20. The second-order valence-electron chi connectivity index (χ2n) is 4.56. The van der Waals surface area contributed by atoms with Crippen LogP contribution < -0.4 is 5.32 Å². The van der Waals surface area contributed by atoms with E-state index in [1.54, 1.807) is 0 Å². The van der Waals surface area contributed by atoms with E-state index in [2.05, 4.69) is 5.32 Å². The van der Waals surface area contributed by atoms with E-state index in [1.807, 2.05) is 7.05 Å². The van der Waals surface area contributed by atoms with Crippen LogP contribution in [0.4, 0.5) is 8.78 Å². The Labute approximate surface area is 94.9 Å². The van der Waals surface area contributed by atoms with Crippen molar-refractivity contribution >= 4 is 0 Å². The zero-order valence-electron chi connectivity index (χ0n) is 9.47. The highest BCUT2D eigenvalue weighted by Crippen LogP contribution is 2.35. The lowest BCUT2D eigenvalue weighted by atomic mass is 10.0. The molecule has 1 atom stereocenters. The molecule has 88 valence electrons. The molecular formula is C13H17F2N. The normalized spacial score (nSPS) is 17.4. The van der Waals surface area contributed by atoms with Crippen molar-refractivity contribution in [3.8, 4) is 0 Å². The predicted molar refractivity (Wildman–Crippen MR) is 60.1 cm³/mol. The Kier molecular flexibility index (Phi) is 3.54. The van der Waals surface area contributed by atoms with Gasteiger partial charge in [-0.1, -0.05) is 12.8 Å². The Balaban J connectivity index is 2.04. The lowest BCUT2D eigenvalue weighted by Crippen LogP contribution is -2.17. The quantitative estimate of drug-likeness (QED) is 0.809. The molecule has 0 spiro atoms. The summed E-state index contributed by atoms with van der Waals surface area (Å²) < 4.78 is 26.1. The van der Waals surface area contributed by atoms with Crippen LogP contribution in [0.5, 0.6) is 0 Å².